The molecule has 1 N–H and O–H groups in total. The van der Waals surface area contributed by atoms with E-state index in [-0.39, 0.29) is 10.7 Å². The molecular formula is C14H13ClN2O4. The summed E-state index contributed by atoms with van der Waals surface area (Å²) in [6, 6.07) is 9.79. The van der Waals surface area contributed by atoms with Crippen molar-refractivity contribution in [1.82, 2.24) is 0 Å². The first-order chi connectivity index (χ1) is 10.0. The van der Waals surface area contributed by atoms with Crippen molar-refractivity contribution >= 4 is 28.7 Å². The van der Waals surface area contributed by atoms with E-state index in [0.717, 1.165) is 0 Å². The minimum absolute atomic E-state index is 0.0693. The zero-order chi connectivity index (χ0) is 15.4. The summed E-state index contributed by atoms with van der Waals surface area (Å²) in [6.07, 6.45) is 0. The highest BCUT2D eigenvalue weighted by Gasteiger charge is 2.18. The van der Waals surface area contributed by atoms with E-state index in [1.807, 2.05) is 0 Å². The summed E-state index contributed by atoms with van der Waals surface area (Å²) in [5, 5.41) is 14.1. The fourth-order valence-corrected chi connectivity index (χ4v) is 2.08. The van der Waals surface area contributed by atoms with Crippen LogP contribution in [-0.2, 0) is 0 Å². The van der Waals surface area contributed by atoms with Crippen molar-refractivity contribution in [2.24, 2.45) is 0 Å². The van der Waals surface area contributed by atoms with Crippen molar-refractivity contribution in [3.05, 3.63) is 51.5 Å². The molecule has 0 spiro atoms. The fraction of sp³-hybridized carbons (Fsp3) is 0.143. The van der Waals surface area contributed by atoms with Crippen LogP contribution < -0.4 is 14.8 Å². The molecule has 0 aliphatic heterocycles. The van der Waals surface area contributed by atoms with Gasteiger partial charge in [0.15, 0.2) is 0 Å². The lowest BCUT2D eigenvalue weighted by molar-refractivity contribution is -0.383. The monoisotopic (exact) mass is 308 g/mol. The average molecular weight is 309 g/mol. The van der Waals surface area contributed by atoms with Gasteiger partial charge in [0.1, 0.15) is 22.2 Å². The van der Waals surface area contributed by atoms with Crippen LogP contribution in [0.5, 0.6) is 11.5 Å². The number of para-hydroxylation sites is 1. The number of nitrogens with zero attached hydrogens (tertiary/aromatic N) is 1. The topological polar surface area (TPSA) is 73.6 Å². The van der Waals surface area contributed by atoms with Crippen LogP contribution in [0.25, 0.3) is 0 Å². The van der Waals surface area contributed by atoms with Gasteiger partial charge in [-0.1, -0.05) is 17.7 Å². The summed E-state index contributed by atoms with van der Waals surface area (Å²) >= 11 is 5.88. The van der Waals surface area contributed by atoms with Crippen LogP contribution >= 0.6 is 11.6 Å². The summed E-state index contributed by atoms with van der Waals surface area (Å²) in [6.45, 7) is 0. The van der Waals surface area contributed by atoms with Crippen molar-refractivity contribution in [3.8, 4) is 11.5 Å². The third-order valence-corrected chi connectivity index (χ3v) is 3.10. The largest absolute Gasteiger partial charge is 0.497 e. The predicted octanol–water partition coefficient (Wildman–Crippen LogP) is 4.01. The Morgan fingerprint density at radius 3 is 2.29 bits per heavy atom. The highest BCUT2D eigenvalue weighted by atomic mass is 35.5. The first kappa shape index (κ1) is 14.9. The Morgan fingerprint density at radius 2 is 1.76 bits per heavy atom. The van der Waals surface area contributed by atoms with Crippen molar-refractivity contribution in [2.75, 3.05) is 19.5 Å². The number of anilines is 2. The molecule has 0 aliphatic carbocycles. The van der Waals surface area contributed by atoms with Gasteiger partial charge in [-0.15, -0.1) is 0 Å². The third-order valence-electron chi connectivity index (χ3n) is 2.80. The summed E-state index contributed by atoms with van der Waals surface area (Å²) in [7, 11) is 3.06. The van der Waals surface area contributed by atoms with Crippen LogP contribution in [0.3, 0.4) is 0 Å². The van der Waals surface area contributed by atoms with Gasteiger partial charge in [-0.3, -0.25) is 10.1 Å². The molecule has 6 nitrogen and oxygen atoms in total. The van der Waals surface area contributed by atoms with Crippen LogP contribution in [0.4, 0.5) is 17.1 Å². The maximum atomic E-state index is 11.1. The first-order valence-electron chi connectivity index (χ1n) is 5.98. The van der Waals surface area contributed by atoms with Gasteiger partial charge in [0.2, 0.25) is 0 Å². The molecule has 0 fully saturated rings. The van der Waals surface area contributed by atoms with Crippen LogP contribution in [-0.4, -0.2) is 19.1 Å². The molecule has 110 valence electrons. The first-order valence-corrected chi connectivity index (χ1v) is 6.36. The van der Waals surface area contributed by atoms with Crippen molar-refractivity contribution in [1.29, 1.82) is 0 Å². The third kappa shape index (κ3) is 3.35. The number of nitro groups is 1. The number of halogens is 1. The summed E-state index contributed by atoms with van der Waals surface area (Å²) in [4.78, 5) is 10.6. The Bertz CT molecular complexity index is 654. The van der Waals surface area contributed by atoms with Crippen molar-refractivity contribution in [3.63, 3.8) is 0 Å². The number of ether oxygens (including phenoxy) is 2. The van der Waals surface area contributed by atoms with E-state index in [1.165, 1.54) is 20.3 Å². The summed E-state index contributed by atoms with van der Waals surface area (Å²) < 4.78 is 10.3. The van der Waals surface area contributed by atoms with E-state index >= 15 is 0 Å². The maximum Gasteiger partial charge on any atom is 0.311 e. The molecule has 2 rings (SSSR count). The molecule has 0 aromatic heterocycles. The molecule has 0 heterocycles. The van der Waals surface area contributed by atoms with E-state index in [9.17, 15) is 10.1 Å². The zero-order valence-electron chi connectivity index (χ0n) is 11.4. The number of nitro benzene ring substituents is 1. The lowest BCUT2D eigenvalue weighted by Crippen LogP contribution is -1.98. The van der Waals surface area contributed by atoms with Crippen LogP contribution in [0.15, 0.2) is 36.4 Å². The average Bonchev–Trinajstić information content (AvgIpc) is 2.46. The predicted molar refractivity (Wildman–Crippen MR) is 80.9 cm³/mol. The fourth-order valence-electron chi connectivity index (χ4n) is 1.84. The molecule has 0 amide bonds. The van der Waals surface area contributed by atoms with E-state index < -0.39 is 4.92 Å². The number of hydrogen-bond acceptors (Lipinski definition) is 5. The number of benzene rings is 2. The molecule has 2 aromatic carbocycles. The van der Waals surface area contributed by atoms with Crippen LogP contribution in [0.2, 0.25) is 5.02 Å². The van der Waals surface area contributed by atoms with Gasteiger partial charge >= 0.3 is 5.69 Å². The van der Waals surface area contributed by atoms with E-state index in [2.05, 4.69) is 5.32 Å². The standard InChI is InChI=1S/C14H13ClN2O4/c1-20-10-6-9(7-11(8-10)21-2)16-13-5-3-4-12(15)14(13)17(18)19/h3-8,16H,1-2H3. The second-order valence-electron chi connectivity index (χ2n) is 4.12. The van der Waals surface area contributed by atoms with E-state index in [4.69, 9.17) is 21.1 Å². The Kier molecular flexibility index (Phi) is 4.49. The Labute approximate surface area is 126 Å². The SMILES string of the molecule is COc1cc(Nc2cccc(Cl)c2[N+](=O)[O-])cc(OC)c1. The Morgan fingerprint density at radius 1 is 1.14 bits per heavy atom. The summed E-state index contributed by atoms with van der Waals surface area (Å²) in [5.74, 6) is 1.14. The quantitative estimate of drug-likeness (QED) is 0.667. The molecule has 7 heteroatoms. The van der Waals surface area contributed by atoms with Gasteiger partial charge in [-0.05, 0) is 12.1 Å². The lowest BCUT2D eigenvalue weighted by Gasteiger charge is -2.11. The molecule has 0 saturated carbocycles. The molecule has 0 bridgehead atoms. The number of nitrogens with one attached hydrogen (secondary N) is 1. The molecule has 0 aliphatic rings. The summed E-state index contributed by atoms with van der Waals surface area (Å²) in [5.41, 5.74) is 0.709. The van der Waals surface area contributed by atoms with Gasteiger partial charge < -0.3 is 14.8 Å². The normalized spacial score (nSPS) is 10.0. The highest BCUT2D eigenvalue weighted by Crippen LogP contribution is 2.35. The van der Waals surface area contributed by atoms with Gasteiger partial charge in [0, 0.05) is 23.9 Å². The number of rotatable bonds is 5. The molecule has 21 heavy (non-hydrogen) atoms. The van der Waals surface area contributed by atoms with Gasteiger partial charge in [-0.25, -0.2) is 0 Å². The van der Waals surface area contributed by atoms with Gasteiger partial charge in [0.25, 0.3) is 0 Å². The van der Waals surface area contributed by atoms with Crippen molar-refractivity contribution < 1.29 is 14.4 Å². The second kappa shape index (κ2) is 6.32. The van der Waals surface area contributed by atoms with Crippen LogP contribution in [0.1, 0.15) is 0 Å². The lowest BCUT2D eigenvalue weighted by atomic mass is 10.2. The number of hydrogen-bond donors (Lipinski definition) is 1. The maximum absolute atomic E-state index is 11.1. The van der Waals surface area contributed by atoms with E-state index in [0.29, 0.717) is 22.9 Å². The second-order valence-corrected chi connectivity index (χ2v) is 4.53. The molecular weight excluding hydrogens is 296 g/mol. The molecule has 0 unspecified atom stereocenters. The van der Waals surface area contributed by atoms with E-state index in [1.54, 1.807) is 30.3 Å². The van der Waals surface area contributed by atoms with Crippen LogP contribution in [0, 0.1) is 10.1 Å². The minimum atomic E-state index is -0.526. The zero-order valence-corrected chi connectivity index (χ0v) is 12.2. The van der Waals surface area contributed by atoms with Crippen molar-refractivity contribution in [2.45, 2.75) is 0 Å². The number of methoxy groups -OCH3 is 2. The minimum Gasteiger partial charge on any atom is -0.497 e. The smallest absolute Gasteiger partial charge is 0.311 e. The molecule has 0 radical (unpaired) electrons. The van der Waals surface area contributed by atoms with Gasteiger partial charge in [-0.2, -0.15) is 0 Å². The Balaban J connectivity index is 2.43. The molecule has 0 atom stereocenters. The molecule has 2 aromatic rings. The highest BCUT2D eigenvalue weighted by molar-refractivity contribution is 6.33. The van der Waals surface area contributed by atoms with Gasteiger partial charge in [0.05, 0.1) is 19.1 Å². The Hall–Kier alpha value is -2.47. The molecule has 0 saturated heterocycles.